The van der Waals surface area contributed by atoms with E-state index in [4.69, 9.17) is 0 Å². The van der Waals surface area contributed by atoms with Crippen LogP contribution in [0, 0.1) is 23.7 Å². The Morgan fingerprint density at radius 1 is 0.962 bits per heavy atom. The first-order valence-corrected chi connectivity index (χ1v) is 11.8. The van der Waals surface area contributed by atoms with Crippen molar-refractivity contribution in [1.29, 1.82) is 0 Å². The zero-order valence-electron chi connectivity index (χ0n) is 15.1. The molecule has 1 aromatic carbocycles. The molecule has 1 N–H and O–H groups in total. The highest BCUT2D eigenvalue weighted by atomic mass is 32.2. The van der Waals surface area contributed by atoms with Crippen LogP contribution >= 0.6 is 0 Å². The van der Waals surface area contributed by atoms with E-state index >= 15 is 0 Å². The van der Waals surface area contributed by atoms with Gasteiger partial charge in [-0.25, -0.2) is 8.42 Å². The van der Waals surface area contributed by atoms with Gasteiger partial charge in [-0.3, -0.25) is 4.79 Å². The van der Waals surface area contributed by atoms with Crippen molar-refractivity contribution in [3.05, 3.63) is 29.8 Å². The van der Waals surface area contributed by atoms with E-state index in [1.165, 1.54) is 44.1 Å². The summed E-state index contributed by atoms with van der Waals surface area (Å²) in [6.07, 6.45) is 8.78. The Hall–Kier alpha value is -1.36. The van der Waals surface area contributed by atoms with E-state index in [1.807, 2.05) is 12.1 Å². The lowest BCUT2D eigenvalue weighted by Crippen LogP contribution is -2.48. The van der Waals surface area contributed by atoms with Gasteiger partial charge in [0.2, 0.25) is 5.91 Å². The summed E-state index contributed by atoms with van der Waals surface area (Å²) in [5.74, 6) is 2.33. The second-order valence-electron chi connectivity index (χ2n) is 9.36. The van der Waals surface area contributed by atoms with Crippen LogP contribution in [0.5, 0.6) is 0 Å². The monoisotopic (exact) mass is 373 g/mol. The maximum Gasteiger partial charge on any atom is 0.228 e. The molecule has 1 aromatic rings. The summed E-state index contributed by atoms with van der Waals surface area (Å²) < 4.78 is 23.1. The van der Waals surface area contributed by atoms with Crippen molar-refractivity contribution in [2.45, 2.75) is 50.4 Å². The highest BCUT2D eigenvalue weighted by Crippen LogP contribution is 2.60. The van der Waals surface area contributed by atoms with Gasteiger partial charge in [-0.2, -0.15) is 0 Å². The molecular formula is C21H27NO3S. The normalized spacial score (nSPS) is 39.8. The number of benzene rings is 1. The van der Waals surface area contributed by atoms with E-state index in [9.17, 15) is 13.2 Å². The summed E-state index contributed by atoms with van der Waals surface area (Å²) in [6, 6.07) is 8.42. The predicted octanol–water partition coefficient (Wildman–Crippen LogP) is 3.53. The number of sulfone groups is 1. The topological polar surface area (TPSA) is 63.2 Å². The molecule has 0 aromatic heterocycles. The van der Waals surface area contributed by atoms with Crippen molar-refractivity contribution in [3.8, 4) is 0 Å². The van der Waals surface area contributed by atoms with Gasteiger partial charge in [0.1, 0.15) is 0 Å². The SMILES string of the molecule is O=C(Nc1ccc(C23CC4CC(CC(C4)C2)C3)cc1)C1CCS(=O)(=O)C1. The van der Waals surface area contributed by atoms with E-state index in [0.29, 0.717) is 11.8 Å². The number of rotatable bonds is 3. The molecule has 0 spiro atoms. The molecule has 5 heteroatoms. The Morgan fingerprint density at radius 2 is 1.54 bits per heavy atom. The summed E-state index contributed by atoms with van der Waals surface area (Å²) in [6.45, 7) is 0. The van der Waals surface area contributed by atoms with Crippen molar-refractivity contribution < 1.29 is 13.2 Å². The van der Waals surface area contributed by atoms with Gasteiger partial charge >= 0.3 is 0 Å². The Labute approximate surface area is 155 Å². The van der Waals surface area contributed by atoms with Gasteiger partial charge < -0.3 is 5.32 Å². The van der Waals surface area contributed by atoms with Crippen LogP contribution < -0.4 is 5.32 Å². The van der Waals surface area contributed by atoms with Gasteiger partial charge in [0.25, 0.3) is 0 Å². The van der Waals surface area contributed by atoms with E-state index in [1.54, 1.807) is 0 Å². The molecule has 4 nitrogen and oxygen atoms in total. The van der Waals surface area contributed by atoms with Crippen molar-refractivity contribution in [2.75, 3.05) is 16.8 Å². The molecule has 1 atom stereocenters. The molecule has 4 aliphatic carbocycles. The van der Waals surface area contributed by atoms with Crippen molar-refractivity contribution >= 4 is 21.4 Å². The highest BCUT2D eigenvalue weighted by Gasteiger charge is 2.51. The highest BCUT2D eigenvalue weighted by molar-refractivity contribution is 7.91. The average molecular weight is 374 g/mol. The van der Waals surface area contributed by atoms with E-state index in [-0.39, 0.29) is 17.4 Å². The Balaban J connectivity index is 1.30. The molecule has 26 heavy (non-hydrogen) atoms. The van der Waals surface area contributed by atoms with Gasteiger partial charge in [0, 0.05) is 5.69 Å². The zero-order valence-corrected chi connectivity index (χ0v) is 15.9. The number of hydrogen-bond donors (Lipinski definition) is 1. The third kappa shape index (κ3) is 2.88. The lowest BCUT2D eigenvalue weighted by Gasteiger charge is -2.57. The fourth-order valence-corrected chi connectivity index (χ4v) is 8.36. The minimum absolute atomic E-state index is 0.00973. The van der Waals surface area contributed by atoms with Gasteiger partial charge in [-0.1, -0.05) is 12.1 Å². The summed E-state index contributed by atoms with van der Waals surface area (Å²) in [5, 5.41) is 2.92. The number of hydrogen-bond acceptors (Lipinski definition) is 3. The predicted molar refractivity (Wildman–Crippen MR) is 102 cm³/mol. The van der Waals surface area contributed by atoms with Crippen LogP contribution in [0.15, 0.2) is 24.3 Å². The first kappa shape index (κ1) is 16.8. The van der Waals surface area contributed by atoms with E-state index in [0.717, 1.165) is 23.4 Å². The Bertz CT molecular complexity index is 792. The number of carbonyl (C=O) groups is 1. The lowest BCUT2D eigenvalue weighted by molar-refractivity contribution is -0.119. The van der Waals surface area contributed by atoms with E-state index in [2.05, 4.69) is 17.4 Å². The molecule has 4 bridgehead atoms. The van der Waals surface area contributed by atoms with Crippen molar-refractivity contribution in [1.82, 2.24) is 0 Å². The molecule has 6 rings (SSSR count). The van der Waals surface area contributed by atoms with Crippen LogP contribution in [0.4, 0.5) is 5.69 Å². The molecule has 1 unspecified atom stereocenters. The van der Waals surface area contributed by atoms with Crippen LogP contribution in [-0.4, -0.2) is 25.8 Å². The molecule has 1 heterocycles. The molecule has 1 aliphatic heterocycles. The molecule has 1 saturated heterocycles. The average Bonchev–Trinajstić information content (AvgIpc) is 2.94. The third-order valence-corrected chi connectivity index (χ3v) is 9.17. The van der Waals surface area contributed by atoms with Crippen molar-refractivity contribution in [3.63, 3.8) is 0 Å². The Kier molecular flexibility index (Phi) is 3.76. The standard InChI is InChI=1S/C21H27NO3S/c23-20(17-5-6-26(24,25)13-17)22-19-3-1-18(2-4-19)21-10-14-7-15(11-21)9-16(8-14)12-21/h1-4,14-17H,5-13H2,(H,22,23). The number of amides is 1. The smallest absolute Gasteiger partial charge is 0.228 e. The second-order valence-corrected chi connectivity index (χ2v) is 11.6. The molecule has 1 amide bonds. The van der Waals surface area contributed by atoms with Crippen molar-refractivity contribution in [2.24, 2.45) is 23.7 Å². The maximum atomic E-state index is 12.3. The summed E-state index contributed by atoms with van der Waals surface area (Å²) in [5.41, 5.74) is 2.60. The molecule has 5 aliphatic rings. The van der Waals surface area contributed by atoms with Crippen LogP contribution in [0.1, 0.15) is 50.5 Å². The summed E-state index contributed by atoms with van der Waals surface area (Å²) >= 11 is 0. The number of carbonyl (C=O) groups excluding carboxylic acids is 1. The largest absolute Gasteiger partial charge is 0.326 e. The lowest BCUT2D eigenvalue weighted by atomic mass is 9.48. The quantitative estimate of drug-likeness (QED) is 0.882. The number of nitrogens with one attached hydrogen (secondary N) is 1. The molecule has 4 saturated carbocycles. The summed E-state index contributed by atoms with van der Waals surface area (Å²) in [7, 11) is -3.03. The van der Waals surface area contributed by atoms with Crippen LogP contribution in [0.25, 0.3) is 0 Å². The molecule has 140 valence electrons. The van der Waals surface area contributed by atoms with Crippen LogP contribution in [0.3, 0.4) is 0 Å². The second kappa shape index (κ2) is 5.82. The zero-order chi connectivity index (χ0) is 17.9. The third-order valence-electron chi connectivity index (χ3n) is 7.41. The van der Waals surface area contributed by atoms with Crippen LogP contribution in [-0.2, 0) is 20.0 Å². The first-order valence-electron chi connectivity index (χ1n) is 10.0. The first-order chi connectivity index (χ1) is 12.4. The Morgan fingerprint density at radius 3 is 2.04 bits per heavy atom. The fraction of sp³-hybridized carbons (Fsp3) is 0.667. The van der Waals surface area contributed by atoms with Gasteiger partial charge in [0.05, 0.1) is 17.4 Å². The van der Waals surface area contributed by atoms with E-state index < -0.39 is 15.8 Å². The minimum Gasteiger partial charge on any atom is -0.326 e. The molecular weight excluding hydrogens is 346 g/mol. The maximum absolute atomic E-state index is 12.3. The fourth-order valence-electron chi connectivity index (χ4n) is 6.62. The van der Waals surface area contributed by atoms with Gasteiger partial charge in [-0.05, 0) is 85.8 Å². The molecule has 5 fully saturated rings. The van der Waals surface area contributed by atoms with Gasteiger partial charge in [-0.15, -0.1) is 0 Å². The number of anilines is 1. The van der Waals surface area contributed by atoms with Crippen LogP contribution in [0.2, 0.25) is 0 Å². The minimum atomic E-state index is -3.03. The van der Waals surface area contributed by atoms with Gasteiger partial charge in [0.15, 0.2) is 9.84 Å². The summed E-state index contributed by atoms with van der Waals surface area (Å²) in [4.78, 5) is 12.3. The molecule has 0 radical (unpaired) electrons.